The minimum absolute atomic E-state index is 0.0234. The maximum Gasteiger partial charge on any atom is 0.359 e. The standard InChI is InChI=1S/C22H24N2O5/c1-28-20-15-16(9-11-19(20)25)10-12-21(26)23-18-8-4-3-7-17(18)22(27)29-24-13-5-2-6-14-24/h3-4,7-12,15,25H,2,5-6,13-14H2,1H3,(H,23,26)/b12-10+. The molecule has 0 atom stereocenters. The number of nitrogens with one attached hydrogen (secondary N) is 1. The molecule has 1 fully saturated rings. The van der Waals surface area contributed by atoms with Crippen LogP contribution in [0.25, 0.3) is 6.08 Å². The maximum absolute atomic E-state index is 12.5. The average Bonchev–Trinajstić information content (AvgIpc) is 2.74. The number of hydroxylamine groups is 2. The van der Waals surface area contributed by atoms with Gasteiger partial charge in [-0.3, -0.25) is 4.79 Å². The SMILES string of the molecule is COc1cc(/C=C/C(=O)Nc2ccccc2C(=O)ON2CCCCC2)ccc1O. The number of ether oxygens (including phenoxy) is 1. The molecule has 1 aliphatic heterocycles. The van der Waals surface area contributed by atoms with Gasteiger partial charge in [0.2, 0.25) is 5.91 Å². The van der Waals surface area contributed by atoms with E-state index in [1.807, 2.05) is 0 Å². The quantitative estimate of drug-likeness (QED) is 0.726. The normalized spacial score (nSPS) is 14.5. The number of phenolic OH excluding ortho intramolecular Hbond substituents is 1. The van der Waals surface area contributed by atoms with Crippen molar-refractivity contribution in [2.24, 2.45) is 0 Å². The number of rotatable bonds is 6. The van der Waals surface area contributed by atoms with Crippen LogP contribution in [0.2, 0.25) is 0 Å². The van der Waals surface area contributed by atoms with Crippen molar-refractivity contribution in [3.8, 4) is 11.5 Å². The van der Waals surface area contributed by atoms with Gasteiger partial charge in [0, 0.05) is 19.2 Å². The molecule has 2 aromatic carbocycles. The molecule has 0 aliphatic carbocycles. The lowest BCUT2D eigenvalue weighted by Crippen LogP contribution is -2.32. The Balaban J connectivity index is 1.66. The number of amides is 1. The van der Waals surface area contributed by atoms with Gasteiger partial charge < -0.3 is 20.0 Å². The number of aromatic hydroxyl groups is 1. The van der Waals surface area contributed by atoms with Crippen LogP contribution in [0, 0.1) is 0 Å². The van der Waals surface area contributed by atoms with Gasteiger partial charge in [0.1, 0.15) is 0 Å². The first-order valence-corrected chi connectivity index (χ1v) is 9.49. The van der Waals surface area contributed by atoms with Gasteiger partial charge >= 0.3 is 5.97 Å². The minimum atomic E-state index is -0.491. The Morgan fingerprint density at radius 2 is 1.86 bits per heavy atom. The van der Waals surface area contributed by atoms with Gasteiger partial charge in [0.05, 0.1) is 18.4 Å². The number of carbonyl (C=O) groups is 2. The number of carbonyl (C=O) groups excluding carboxylic acids is 2. The van der Waals surface area contributed by atoms with Crippen molar-refractivity contribution in [3.05, 3.63) is 59.7 Å². The second-order valence-corrected chi connectivity index (χ2v) is 6.67. The predicted molar refractivity (Wildman–Crippen MR) is 110 cm³/mol. The molecule has 1 heterocycles. The molecule has 0 saturated carbocycles. The van der Waals surface area contributed by atoms with E-state index >= 15 is 0 Å². The third-order valence-corrected chi connectivity index (χ3v) is 4.56. The fourth-order valence-electron chi connectivity index (χ4n) is 3.04. The van der Waals surface area contributed by atoms with E-state index in [1.54, 1.807) is 47.5 Å². The first kappa shape index (κ1) is 20.4. The topological polar surface area (TPSA) is 88.1 Å². The van der Waals surface area contributed by atoms with Crippen LogP contribution >= 0.6 is 0 Å². The van der Waals surface area contributed by atoms with Crippen LogP contribution in [0.4, 0.5) is 5.69 Å². The van der Waals surface area contributed by atoms with Crippen molar-refractivity contribution in [2.45, 2.75) is 19.3 Å². The highest BCUT2D eigenvalue weighted by Crippen LogP contribution is 2.26. The Bertz CT molecular complexity index is 904. The molecule has 0 bridgehead atoms. The molecule has 0 radical (unpaired) electrons. The van der Waals surface area contributed by atoms with E-state index in [0.717, 1.165) is 32.4 Å². The van der Waals surface area contributed by atoms with Gasteiger partial charge in [0.15, 0.2) is 11.5 Å². The third-order valence-electron chi connectivity index (χ3n) is 4.56. The van der Waals surface area contributed by atoms with E-state index < -0.39 is 11.9 Å². The molecule has 3 rings (SSSR count). The van der Waals surface area contributed by atoms with Crippen molar-refractivity contribution < 1.29 is 24.3 Å². The molecule has 1 aliphatic rings. The number of phenols is 1. The van der Waals surface area contributed by atoms with Crippen LogP contribution in [-0.2, 0) is 9.63 Å². The fraction of sp³-hybridized carbons (Fsp3) is 0.273. The van der Waals surface area contributed by atoms with Crippen LogP contribution < -0.4 is 10.1 Å². The molecule has 1 saturated heterocycles. The Morgan fingerprint density at radius 3 is 2.62 bits per heavy atom. The van der Waals surface area contributed by atoms with Crippen LogP contribution in [0.15, 0.2) is 48.5 Å². The van der Waals surface area contributed by atoms with E-state index in [1.165, 1.54) is 19.3 Å². The summed E-state index contributed by atoms with van der Waals surface area (Å²) >= 11 is 0. The monoisotopic (exact) mass is 396 g/mol. The number of para-hydroxylation sites is 1. The summed E-state index contributed by atoms with van der Waals surface area (Å²) in [6.07, 6.45) is 6.07. The number of methoxy groups -OCH3 is 1. The molecule has 7 nitrogen and oxygen atoms in total. The first-order chi connectivity index (χ1) is 14.1. The summed E-state index contributed by atoms with van der Waals surface area (Å²) in [6.45, 7) is 1.44. The molecule has 0 spiro atoms. The van der Waals surface area contributed by atoms with Crippen molar-refractivity contribution in [1.82, 2.24) is 5.06 Å². The van der Waals surface area contributed by atoms with Gasteiger partial charge in [-0.25, -0.2) is 4.79 Å². The lowest BCUT2D eigenvalue weighted by molar-refractivity contribution is -0.119. The van der Waals surface area contributed by atoms with Crippen molar-refractivity contribution in [1.29, 1.82) is 0 Å². The number of hydrogen-bond acceptors (Lipinski definition) is 6. The van der Waals surface area contributed by atoms with Gasteiger partial charge in [-0.05, 0) is 48.7 Å². The molecule has 7 heteroatoms. The predicted octanol–water partition coefficient (Wildman–Crippen LogP) is 3.61. The smallest absolute Gasteiger partial charge is 0.359 e. The lowest BCUT2D eigenvalue weighted by atomic mass is 10.1. The molecular formula is C22H24N2O5. The third kappa shape index (κ3) is 5.58. The second-order valence-electron chi connectivity index (χ2n) is 6.67. The van der Waals surface area contributed by atoms with E-state index in [0.29, 0.717) is 22.6 Å². The highest BCUT2D eigenvalue weighted by Gasteiger charge is 2.19. The van der Waals surface area contributed by atoms with E-state index in [9.17, 15) is 14.7 Å². The molecule has 29 heavy (non-hydrogen) atoms. The van der Waals surface area contributed by atoms with Crippen molar-refractivity contribution in [3.63, 3.8) is 0 Å². The zero-order chi connectivity index (χ0) is 20.6. The van der Waals surface area contributed by atoms with E-state index in [4.69, 9.17) is 9.57 Å². The Hall–Kier alpha value is -3.32. The van der Waals surface area contributed by atoms with Crippen LogP contribution in [-0.4, -0.2) is 42.2 Å². The average molecular weight is 396 g/mol. The van der Waals surface area contributed by atoms with Crippen LogP contribution in [0.3, 0.4) is 0 Å². The largest absolute Gasteiger partial charge is 0.504 e. The summed E-state index contributed by atoms with van der Waals surface area (Å²) in [4.78, 5) is 30.3. The van der Waals surface area contributed by atoms with Gasteiger partial charge in [-0.15, -0.1) is 5.06 Å². The molecule has 0 unspecified atom stereocenters. The van der Waals surface area contributed by atoms with Crippen molar-refractivity contribution in [2.75, 3.05) is 25.5 Å². The Kier molecular flexibility index (Phi) is 6.86. The van der Waals surface area contributed by atoms with Crippen LogP contribution in [0.1, 0.15) is 35.2 Å². The number of nitrogens with zero attached hydrogens (tertiary/aromatic N) is 1. The van der Waals surface area contributed by atoms with E-state index in [2.05, 4.69) is 5.32 Å². The highest BCUT2D eigenvalue weighted by atomic mass is 16.7. The summed E-state index contributed by atoms with van der Waals surface area (Å²) in [7, 11) is 1.45. The lowest BCUT2D eigenvalue weighted by Gasteiger charge is -2.25. The zero-order valence-electron chi connectivity index (χ0n) is 16.3. The van der Waals surface area contributed by atoms with Crippen LogP contribution in [0.5, 0.6) is 11.5 Å². The van der Waals surface area contributed by atoms with Gasteiger partial charge in [0.25, 0.3) is 0 Å². The van der Waals surface area contributed by atoms with Gasteiger partial charge in [-0.2, -0.15) is 0 Å². The molecule has 1 amide bonds. The maximum atomic E-state index is 12.5. The minimum Gasteiger partial charge on any atom is -0.504 e. The molecule has 152 valence electrons. The first-order valence-electron chi connectivity index (χ1n) is 9.49. The second kappa shape index (κ2) is 9.75. The number of anilines is 1. The molecule has 2 aromatic rings. The Labute approximate surface area is 169 Å². The zero-order valence-corrected chi connectivity index (χ0v) is 16.3. The summed E-state index contributed by atoms with van der Waals surface area (Å²) in [6, 6.07) is 11.5. The van der Waals surface area contributed by atoms with Crippen molar-refractivity contribution >= 4 is 23.6 Å². The summed E-state index contributed by atoms with van der Waals surface area (Å²) in [5, 5.41) is 14.0. The summed E-state index contributed by atoms with van der Waals surface area (Å²) in [5.74, 6) is -0.543. The molecular weight excluding hydrogens is 372 g/mol. The summed E-state index contributed by atoms with van der Waals surface area (Å²) < 4.78 is 5.05. The number of hydrogen-bond donors (Lipinski definition) is 2. The fourth-order valence-corrected chi connectivity index (χ4v) is 3.04. The Morgan fingerprint density at radius 1 is 1.10 bits per heavy atom. The highest BCUT2D eigenvalue weighted by molar-refractivity contribution is 6.06. The van der Waals surface area contributed by atoms with E-state index in [-0.39, 0.29) is 5.75 Å². The number of benzene rings is 2. The number of piperidine rings is 1. The summed E-state index contributed by atoms with van der Waals surface area (Å²) in [5.41, 5.74) is 1.37. The molecule has 0 aromatic heterocycles. The molecule has 2 N–H and O–H groups in total. The van der Waals surface area contributed by atoms with Gasteiger partial charge in [-0.1, -0.05) is 24.6 Å².